The monoisotopic (exact) mass is 528 g/mol. The number of nitrogens with one attached hydrogen (secondary N) is 2. The first-order valence-corrected chi connectivity index (χ1v) is 11.3. The van der Waals surface area contributed by atoms with E-state index in [0.29, 0.717) is 5.92 Å². The minimum absolute atomic E-state index is 0. The summed E-state index contributed by atoms with van der Waals surface area (Å²) < 4.78 is 6.13. The van der Waals surface area contributed by atoms with Crippen LogP contribution >= 0.6 is 24.0 Å². The second-order valence-corrected chi connectivity index (χ2v) is 9.67. The van der Waals surface area contributed by atoms with Crippen molar-refractivity contribution in [3.8, 4) is 0 Å². The third-order valence-electron chi connectivity index (χ3n) is 6.25. The highest BCUT2D eigenvalue weighted by molar-refractivity contribution is 14.0. The van der Waals surface area contributed by atoms with E-state index in [2.05, 4.69) is 72.5 Å². The van der Waals surface area contributed by atoms with Crippen molar-refractivity contribution in [3.63, 3.8) is 0 Å². The summed E-state index contributed by atoms with van der Waals surface area (Å²) in [5.41, 5.74) is 2.79. The number of ether oxygens (including phenoxy) is 1. The predicted molar refractivity (Wildman–Crippen MR) is 138 cm³/mol. The molecule has 2 aliphatic heterocycles. The molecule has 6 heteroatoms. The first-order valence-electron chi connectivity index (χ1n) is 11.3. The van der Waals surface area contributed by atoms with E-state index in [0.717, 1.165) is 25.5 Å². The molecule has 1 aromatic rings. The van der Waals surface area contributed by atoms with Gasteiger partial charge in [-0.05, 0) is 55.7 Å². The first kappa shape index (κ1) is 25.2. The SMILES string of the molecule is CN=C(NCC1CCCOC1C(C)(C)C)NC(C)c1cccc(N2CCCC2)c1.I. The number of halogens is 1. The Hall–Kier alpha value is -1.02. The number of anilines is 1. The molecule has 0 saturated carbocycles. The molecule has 5 nitrogen and oxygen atoms in total. The second-order valence-electron chi connectivity index (χ2n) is 9.67. The van der Waals surface area contributed by atoms with Crippen LogP contribution in [0.5, 0.6) is 0 Å². The standard InChI is InChI=1S/C24H40N4O.HI/c1-18(19-10-8-12-21(16-19)28-13-6-7-14-28)27-23(25-5)26-17-20-11-9-15-29-22(20)24(2,3)4;/h8,10,12,16,18,20,22H,6-7,9,11,13-15,17H2,1-5H3,(H2,25,26,27);1H. The predicted octanol–water partition coefficient (Wildman–Crippen LogP) is 4.97. The summed E-state index contributed by atoms with van der Waals surface area (Å²) >= 11 is 0. The zero-order valence-electron chi connectivity index (χ0n) is 19.4. The first-order chi connectivity index (χ1) is 13.9. The van der Waals surface area contributed by atoms with Crippen molar-refractivity contribution < 1.29 is 4.74 Å². The summed E-state index contributed by atoms with van der Waals surface area (Å²) in [6, 6.07) is 9.12. The Bertz CT molecular complexity index is 682. The maximum absolute atomic E-state index is 6.13. The van der Waals surface area contributed by atoms with Crippen molar-refractivity contribution in [1.82, 2.24) is 10.6 Å². The van der Waals surface area contributed by atoms with Gasteiger partial charge in [0.15, 0.2) is 5.96 Å². The highest BCUT2D eigenvalue weighted by Gasteiger charge is 2.35. The van der Waals surface area contributed by atoms with E-state index in [1.165, 1.54) is 43.6 Å². The van der Waals surface area contributed by atoms with Gasteiger partial charge >= 0.3 is 0 Å². The van der Waals surface area contributed by atoms with Crippen LogP contribution in [0.3, 0.4) is 0 Å². The molecule has 30 heavy (non-hydrogen) atoms. The second kappa shape index (κ2) is 11.6. The van der Waals surface area contributed by atoms with Gasteiger partial charge in [0.05, 0.1) is 12.1 Å². The Morgan fingerprint density at radius 1 is 1.23 bits per heavy atom. The molecular formula is C24H41IN4O. The summed E-state index contributed by atoms with van der Waals surface area (Å²) in [5.74, 6) is 1.37. The number of hydrogen-bond donors (Lipinski definition) is 2. The van der Waals surface area contributed by atoms with Crippen LogP contribution in [-0.2, 0) is 4.74 Å². The summed E-state index contributed by atoms with van der Waals surface area (Å²) in [4.78, 5) is 6.95. The number of aliphatic imine (C=N–C) groups is 1. The summed E-state index contributed by atoms with van der Waals surface area (Å²) in [6.45, 7) is 13.2. The van der Waals surface area contributed by atoms with Crippen LogP contribution in [0.15, 0.2) is 29.3 Å². The normalized spacial score (nSPS) is 23.6. The quantitative estimate of drug-likeness (QED) is 0.322. The van der Waals surface area contributed by atoms with Gasteiger partial charge in [-0.25, -0.2) is 0 Å². The van der Waals surface area contributed by atoms with E-state index in [-0.39, 0.29) is 41.5 Å². The van der Waals surface area contributed by atoms with E-state index in [4.69, 9.17) is 4.74 Å². The summed E-state index contributed by atoms with van der Waals surface area (Å²) in [7, 11) is 1.85. The van der Waals surface area contributed by atoms with Crippen molar-refractivity contribution >= 4 is 35.6 Å². The molecule has 2 saturated heterocycles. The van der Waals surface area contributed by atoms with E-state index in [1.54, 1.807) is 0 Å². The molecule has 0 spiro atoms. The van der Waals surface area contributed by atoms with Gasteiger partial charge in [0.25, 0.3) is 0 Å². The Kier molecular flexibility index (Phi) is 9.72. The fraction of sp³-hybridized carbons (Fsp3) is 0.708. The van der Waals surface area contributed by atoms with Gasteiger partial charge in [-0.2, -0.15) is 0 Å². The van der Waals surface area contributed by atoms with E-state index < -0.39 is 0 Å². The third kappa shape index (κ3) is 6.74. The average Bonchev–Trinajstić information content (AvgIpc) is 3.25. The molecule has 3 atom stereocenters. The molecule has 0 aliphatic carbocycles. The lowest BCUT2D eigenvalue weighted by molar-refractivity contribution is -0.0835. The minimum atomic E-state index is 0. The number of guanidine groups is 1. The molecule has 0 bridgehead atoms. The van der Waals surface area contributed by atoms with Crippen LogP contribution in [0.4, 0.5) is 5.69 Å². The molecule has 2 N–H and O–H groups in total. The molecule has 2 heterocycles. The van der Waals surface area contributed by atoms with Crippen LogP contribution in [0.1, 0.15) is 65.0 Å². The number of nitrogens with zero attached hydrogens (tertiary/aromatic N) is 2. The van der Waals surface area contributed by atoms with Gasteiger partial charge in [-0.3, -0.25) is 4.99 Å². The van der Waals surface area contributed by atoms with Crippen molar-refractivity contribution in [3.05, 3.63) is 29.8 Å². The van der Waals surface area contributed by atoms with Gasteiger partial charge in [0, 0.05) is 44.9 Å². The molecule has 3 rings (SSSR count). The fourth-order valence-corrected chi connectivity index (χ4v) is 4.69. The van der Waals surface area contributed by atoms with Crippen LogP contribution in [0.2, 0.25) is 0 Å². The molecular weight excluding hydrogens is 487 g/mol. The van der Waals surface area contributed by atoms with Gasteiger partial charge in [0.2, 0.25) is 0 Å². The van der Waals surface area contributed by atoms with Crippen molar-refractivity contribution in [2.45, 2.75) is 65.5 Å². The van der Waals surface area contributed by atoms with Crippen molar-refractivity contribution in [2.24, 2.45) is 16.3 Å². The fourth-order valence-electron chi connectivity index (χ4n) is 4.69. The Balaban J connectivity index is 0.00000320. The molecule has 3 unspecified atom stereocenters. The van der Waals surface area contributed by atoms with Gasteiger partial charge in [0.1, 0.15) is 0 Å². The zero-order valence-corrected chi connectivity index (χ0v) is 21.7. The lowest BCUT2D eigenvalue weighted by atomic mass is 9.78. The molecule has 2 fully saturated rings. The molecule has 0 amide bonds. The Morgan fingerprint density at radius 3 is 2.63 bits per heavy atom. The van der Waals surface area contributed by atoms with Crippen molar-refractivity contribution in [2.75, 3.05) is 38.2 Å². The largest absolute Gasteiger partial charge is 0.377 e. The Morgan fingerprint density at radius 2 is 1.97 bits per heavy atom. The topological polar surface area (TPSA) is 48.9 Å². The molecule has 0 radical (unpaired) electrons. The third-order valence-corrected chi connectivity index (χ3v) is 6.25. The molecule has 1 aromatic carbocycles. The molecule has 170 valence electrons. The van der Waals surface area contributed by atoms with Crippen LogP contribution in [0.25, 0.3) is 0 Å². The zero-order chi connectivity index (χ0) is 20.9. The highest BCUT2D eigenvalue weighted by atomic mass is 127. The minimum Gasteiger partial charge on any atom is -0.377 e. The van der Waals surface area contributed by atoms with Gasteiger partial charge in [-0.1, -0.05) is 32.9 Å². The summed E-state index contributed by atoms with van der Waals surface area (Å²) in [5, 5.41) is 7.13. The number of benzene rings is 1. The smallest absolute Gasteiger partial charge is 0.191 e. The highest BCUT2D eigenvalue weighted by Crippen LogP contribution is 2.33. The lowest BCUT2D eigenvalue weighted by Crippen LogP contribution is -2.47. The van der Waals surface area contributed by atoms with Crippen molar-refractivity contribution in [1.29, 1.82) is 0 Å². The van der Waals surface area contributed by atoms with Crippen LogP contribution < -0.4 is 15.5 Å². The van der Waals surface area contributed by atoms with Gasteiger partial charge < -0.3 is 20.3 Å². The average molecular weight is 529 g/mol. The maximum Gasteiger partial charge on any atom is 0.191 e. The lowest BCUT2D eigenvalue weighted by Gasteiger charge is -2.40. The Labute approximate surface area is 200 Å². The van der Waals surface area contributed by atoms with Crippen LogP contribution in [-0.4, -0.2) is 45.4 Å². The number of rotatable bonds is 5. The molecule has 0 aromatic heterocycles. The van der Waals surface area contributed by atoms with E-state index >= 15 is 0 Å². The summed E-state index contributed by atoms with van der Waals surface area (Å²) in [6.07, 6.45) is 5.24. The van der Waals surface area contributed by atoms with E-state index in [1.807, 2.05) is 7.05 Å². The van der Waals surface area contributed by atoms with Gasteiger partial charge in [-0.15, -0.1) is 24.0 Å². The molecule has 2 aliphatic rings. The maximum atomic E-state index is 6.13. The van der Waals surface area contributed by atoms with E-state index in [9.17, 15) is 0 Å². The number of hydrogen-bond acceptors (Lipinski definition) is 3. The van der Waals surface area contributed by atoms with Crippen LogP contribution in [0, 0.1) is 11.3 Å².